The molecule has 1 aliphatic rings. The average molecular weight is 381 g/mol. The molecule has 0 aromatic carbocycles. The van der Waals surface area contributed by atoms with Crippen molar-refractivity contribution in [2.75, 3.05) is 18.0 Å². The number of anilines is 1. The molecular weight excluding hydrogens is 356 g/mol. The molecule has 26 heavy (non-hydrogen) atoms. The molecule has 0 radical (unpaired) electrons. The van der Waals surface area contributed by atoms with Crippen LogP contribution < -0.4 is 4.90 Å². The van der Waals surface area contributed by atoms with Crippen LogP contribution >= 0.6 is 11.6 Å². The summed E-state index contributed by atoms with van der Waals surface area (Å²) in [5, 5.41) is 0.162. The van der Waals surface area contributed by atoms with Gasteiger partial charge in [0.1, 0.15) is 11.1 Å². The zero-order chi connectivity index (χ0) is 19.1. The van der Waals surface area contributed by atoms with Gasteiger partial charge < -0.3 is 19.5 Å². The lowest BCUT2D eigenvalue weighted by atomic mass is 10.1. The van der Waals surface area contributed by atoms with E-state index in [0.717, 1.165) is 11.9 Å². The Bertz CT molecular complexity index is 802. The maximum absolute atomic E-state index is 12.6. The summed E-state index contributed by atoms with van der Waals surface area (Å²) in [6.45, 7) is 10.9. The van der Waals surface area contributed by atoms with Crippen molar-refractivity contribution in [3.8, 4) is 0 Å². The molecule has 8 nitrogen and oxygen atoms in total. The molecule has 9 heteroatoms. The Morgan fingerprint density at radius 3 is 2.77 bits per heavy atom. The maximum Gasteiger partial charge on any atom is 0.410 e. The molecule has 0 bridgehead atoms. The first-order chi connectivity index (χ1) is 12.2. The summed E-state index contributed by atoms with van der Waals surface area (Å²) >= 11 is 6.08. The Kier molecular flexibility index (Phi) is 4.96. The molecule has 0 unspecified atom stereocenters. The molecule has 2 aromatic heterocycles. The average Bonchev–Trinajstić information content (AvgIpc) is 3.00. The third-order valence-corrected chi connectivity index (χ3v) is 4.62. The van der Waals surface area contributed by atoms with Crippen molar-refractivity contribution in [1.82, 2.24) is 24.8 Å². The van der Waals surface area contributed by atoms with E-state index in [1.54, 1.807) is 6.33 Å². The summed E-state index contributed by atoms with van der Waals surface area (Å²) in [7, 11) is 0. The van der Waals surface area contributed by atoms with Crippen molar-refractivity contribution in [3.05, 3.63) is 11.6 Å². The van der Waals surface area contributed by atoms with Crippen molar-refractivity contribution >= 4 is 34.7 Å². The Morgan fingerprint density at radius 1 is 1.38 bits per heavy atom. The number of rotatable bonds is 2. The van der Waals surface area contributed by atoms with E-state index in [9.17, 15) is 4.79 Å². The smallest absolute Gasteiger partial charge is 0.410 e. The van der Waals surface area contributed by atoms with Crippen LogP contribution in [0.1, 0.15) is 41.0 Å². The highest BCUT2D eigenvalue weighted by atomic mass is 35.5. The minimum Gasteiger partial charge on any atom is -0.444 e. The van der Waals surface area contributed by atoms with Gasteiger partial charge in [-0.3, -0.25) is 0 Å². The van der Waals surface area contributed by atoms with Gasteiger partial charge in [-0.05, 0) is 45.7 Å². The fraction of sp³-hybridized carbons (Fsp3) is 0.647. The van der Waals surface area contributed by atoms with E-state index in [2.05, 4.69) is 38.7 Å². The van der Waals surface area contributed by atoms with E-state index >= 15 is 0 Å². The first-order valence-electron chi connectivity index (χ1n) is 8.82. The van der Waals surface area contributed by atoms with Crippen LogP contribution in [0.4, 0.5) is 10.6 Å². The molecule has 0 aliphatic carbocycles. The number of aromatic amines is 1. The second kappa shape index (κ2) is 6.90. The molecule has 0 saturated carbocycles. The zero-order valence-electron chi connectivity index (χ0n) is 15.8. The first kappa shape index (κ1) is 18.7. The highest BCUT2D eigenvalue weighted by Gasteiger charge is 2.37. The number of nitrogens with one attached hydrogen (secondary N) is 1. The van der Waals surface area contributed by atoms with Gasteiger partial charge in [0, 0.05) is 19.1 Å². The lowest BCUT2D eigenvalue weighted by molar-refractivity contribution is 0.0106. The number of aromatic nitrogens is 4. The van der Waals surface area contributed by atoms with E-state index in [-0.39, 0.29) is 23.5 Å². The number of hydrogen-bond donors (Lipinski definition) is 1. The highest BCUT2D eigenvalue weighted by molar-refractivity contribution is 6.28. The molecule has 1 N–H and O–H groups in total. The van der Waals surface area contributed by atoms with Crippen LogP contribution in [0.15, 0.2) is 6.33 Å². The third-order valence-electron chi connectivity index (χ3n) is 4.45. The van der Waals surface area contributed by atoms with Crippen LogP contribution in [0.2, 0.25) is 5.28 Å². The van der Waals surface area contributed by atoms with E-state index < -0.39 is 5.60 Å². The van der Waals surface area contributed by atoms with Crippen molar-refractivity contribution in [2.45, 2.75) is 58.7 Å². The second-order valence-electron chi connectivity index (χ2n) is 7.61. The largest absolute Gasteiger partial charge is 0.444 e. The summed E-state index contributed by atoms with van der Waals surface area (Å²) in [6, 6.07) is 0.0653. The van der Waals surface area contributed by atoms with Crippen LogP contribution in [0.25, 0.3) is 11.2 Å². The topological polar surface area (TPSA) is 87.2 Å². The fourth-order valence-corrected chi connectivity index (χ4v) is 3.39. The number of H-pyrrole nitrogens is 1. The summed E-state index contributed by atoms with van der Waals surface area (Å²) in [5.74, 6) is 0.715. The summed E-state index contributed by atoms with van der Waals surface area (Å²) in [4.78, 5) is 32.4. The normalized spacial score (nSPS) is 21.3. The first-order valence-corrected chi connectivity index (χ1v) is 9.20. The van der Waals surface area contributed by atoms with Crippen molar-refractivity contribution in [2.24, 2.45) is 0 Å². The SMILES string of the molecule is CC[C@@H]1CN(c2nc(Cl)nc3nc[nH]c23)[C@@H](C)CN1C(=O)OC(C)(C)C. The number of piperazine rings is 1. The molecule has 1 saturated heterocycles. The number of imidazole rings is 1. The number of carbonyl (C=O) groups excluding carboxylic acids is 1. The molecular formula is C17H25ClN6O2. The van der Waals surface area contributed by atoms with Crippen molar-refractivity contribution in [1.29, 1.82) is 0 Å². The quantitative estimate of drug-likeness (QED) is 0.805. The van der Waals surface area contributed by atoms with Crippen LogP contribution in [-0.2, 0) is 4.74 Å². The number of fused-ring (bicyclic) bond motifs is 1. The summed E-state index contributed by atoms with van der Waals surface area (Å²) in [5.41, 5.74) is 0.773. The van der Waals surface area contributed by atoms with Gasteiger partial charge in [0.25, 0.3) is 0 Å². The van der Waals surface area contributed by atoms with Gasteiger partial charge in [-0.2, -0.15) is 9.97 Å². The molecule has 3 heterocycles. The van der Waals surface area contributed by atoms with Gasteiger partial charge in [-0.25, -0.2) is 9.78 Å². The van der Waals surface area contributed by atoms with Crippen LogP contribution in [0, 0.1) is 0 Å². The Hall–Kier alpha value is -2.09. The monoisotopic (exact) mass is 380 g/mol. The molecule has 2 aromatic rings. The van der Waals surface area contributed by atoms with Crippen molar-refractivity contribution < 1.29 is 9.53 Å². The van der Waals surface area contributed by atoms with Crippen LogP contribution in [-0.4, -0.2) is 61.7 Å². The fourth-order valence-electron chi connectivity index (χ4n) is 3.23. The van der Waals surface area contributed by atoms with E-state index in [1.807, 2.05) is 25.7 Å². The van der Waals surface area contributed by atoms with Crippen LogP contribution in [0.3, 0.4) is 0 Å². The molecule has 1 aliphatic heterocycles. The van der Waals surface area contributed by atoms with Gasteiger partial charge in [-0.15, -0.1) is 0 Å². The molecule has 3 rings (SSSR count). The zero-order valence-corrected chi connectivity index (χ0v) is 16.5. The summed E-state index contributed by atoms with van der Waals surface area (Å²) in [6.07, 6.45) is 2.12. The number of hydrogen-bond acceptors (Lipinski definition) is 6. The van der Waals surface area contributed by atoms with Gasteiger partial charge in [0.2, 0.25) is 5.28 Å². The molecule has 142 valence electrons. The number of amides is 1. The Balaban J connectivity index is 1.88. The number of carbonyl (C=O) groups is 1. The number of ether oxygens (including phenoxy) is 1. The lowest BCUT2D eigenvalue weighted by Gasteiger charge is -2.45. The van der Waals surface area contributed by atoms with Gasteiger partial charge in [0.15, 0.2) is 11.5 Å². The maximum atomic E-state index is 12.6. The van der Waals surface area contributed by atoms with E-state index in [4.69, 9.17) is 16.3 Å². The minimum atomic E-state index is -0.516. The molecule has 2 atom stereocenters. The number of nitrogens with zero attached hydrogens (tertiary/aromatic N) is 5. The lowest BCUT2D eigenvalue weighted by Crippen LogP contribution is -2.60. The predicted octanol–water partition coefficient (Wildman–Crippen LogP) is 3.23. The predicted molar refractivity (Wildman–Crippen MR) is 101 cm³/mol. The molecule has 0 spiro atoms. The highest BCUT2D eigenvalue weighted by Crippen LogP contribution is 2.29. The number of halogens is 1. The van der Waals surface area contributed by atoms with Crippen molar-refractivity contribution in [3.63, 3.8) is 0 Å². The van der Waals surface area contributed by atoms with E-state index in [0.29, 0.717) is 24.6 Å². The molecule has 1 fully saturated rings. The van der Waals surface area contributed by atoms with E-state index in [1.165, 1.54) is 0 Å². The van der Waals surface area contributed by atoms with Gasteiger partial charge in [-0.1, -0.05) is 6.92 Å². The van der Waals surface area contributed by atoms with Crippen LogP contribution in [0.5, 0.6) is 0 Å². The standard InChI is InChI=1S/C17H25ClN6O2/c1-6-11-8-23(10(2)7-24(11)16(25)26-17(3,4)5)14-12-13(20-9-19-12)21-15(18)22-14/h9-11H,6-8H2,1-5H3,(H,19,20,21,22)/t10-,11+/m0/s1. The van der Waals surface area contributed by atoms with Gasteiger partial charge >= 0.3 is 6.09 Å². The van der Waals surface area contributed by atoms with Gasteiger partial charge in [0.05, 0.1) is 12.4 Å². The Labute approximate surface area is 157 Å². The molecule has 1 amide bonds. The minimum absolute atomic E-state index is 0.0211. The Morgan fingerprint density at radius 2 is 2.12 bits per heavy atom. The second-order valence-corrected chi connectivity index (χ2v) is 7.95. The third kappa shape index (κ3) is 3.70. The summed E-state index contributed by atoms with van der Waals surface area (Å²) < 4.78 is 5.58.